The van der Waals surface area contributed by atoms with Crippen LogP contribution < -0.4 is 10.1 Å². The number of rotatable bonds is 12. The Hall–Kier alpha value is -3.46. The number of amides is 1. The summed E-state index contributed by atoms with van der Waals surface area (Å²) in [5.74, 6) is -0.479. The molecule has 0 bridgehead atoms. The van der Waals surface area contributed by atoms with Gasteiger partial charge in [0.05, 0.1) is 6.04 Å². The molecule has 202 valence electrons. The highest BCUT2D eigenvalue weighted by Gasteiger charge is 2.29. The first kappa shape index (κ1) is 29.1. The number of halogens is 3. The Bertz CT molecular complexity index is 1210. The molecule has 0 aliphatic rings. The van der Waals surface area contributed by atoms with Crippen LogP contribution in [0.4, 0.5) is 13.2 Å². The number of benzene rings is 3. The van der Waals surface area contributed by atoms with Gasteiger partial charge in [0.15, 0.2) is 0 Å². The number of alkyl halides is 3. The molecule has 2 N–H and O–H groups in total. The number of carboxylic acids is 1. The van der Waals surface area contributed by atoms with Crippen LogP contribution in [-0.4, -0.2) is 22.5 Å². The van der Waals surface area contributed by atoms with E-state index in [1.54, 1.807) is 30.3 Å². The zero-order chi connectivity index (χ0) is 27.7. The normalized spacial score (nSPS) is 12.3. The summed E-state index contributed by atoms with van der Waals surface area (Å²) in [5.41, 5.74) is -2.01. The van der Waals surface area contributed by atoms with E-state index in [-0.39, 0.29) is 47.9 Å². The molecule has 1 atom stereocenters. The predicted molar refractivity (Wildman–Crippen MR) is 141 cm³/mol. The molecule has 38 heavy (non-hydrogen) atoms. The summed E-state index contributed by atoms with van der Waals surface area (Å²) in [6, 6.07) is 20.0. The number of thioether (sulfide) groups is 1. The Morgan fingerprint density at radius 1 is 1.00 bits per heavy atom. The first-order valence-electron chi connectivity index (χ1n) is 12.2. The number of para-hydroxylation sites is 1. The van der Waals surface area contributed by atoms with Crippen LogP contribution in [0.1, 0.15) is 59.8 Å². The summed E-state index contributed by atoms with van der Waals surface area (Å²) in [6.45, 7) is 4.21. The van der Waals surface area contributed by atoms with Crippen molar-refractivity contribution in [2.24, 2.45) is 5.92 Å². The van der Waals surface area contributed by atoms with Gasteiger partial charge in [0.1, 0.15) is 12.4 Å². The van der Waals surface area contributed by atoms with Crippen molar-refractivity contribution in [1.82, 2.24) is 5.32 Å². The van der Waals surface area contributed by atoms with Crippen LogP contribution in [0, 0.1) is 5.92 Å². The molecule has 0 radical (unpaired) electrons. The number of carbonyl (C=O) groups excluding carboxylic acids is 1. The highest BCUT2D eigenvalue weighted by Crippen LogP contribution is 2.37. The van der Waals surface area contributed by atoms with Gasteiger partial charge in [0.2, 0.25) is 0 Å². The maximum Gasteiger partial charge on any atom is 0.446 e. The second kappa shape index (κ2) is 13.4. The average Bonchev–Trinajstić information content (AvgIpc) is 2.86. The molecular weight excluding hydrogens is 515 g/mol. The molecule has 0 fully saturated rings. The van der Waals surface area contributed by atoms with E-state index in [2.05, 4.69) is 5.32 Å². The quantitative estimate of drug-likeness (QED) is 0.232. The fraction of sp³-hybridized carbons (Fsp3) is 0.310. The summed E-state index contributed by atoms with van der Waals surface area (Å²) < 4.78 is 44.0. The van der Waals surface area contributed by atoms with Crippen LogP contribution in [0.3, 0.4) is 0 Å². The van der Waals surface area contributed by atoms with Crippen LogP contribution in [0.25, 0.3) is 0 Å². The van der Waals surface area contributed by atoms with E-state index in [1.807, 2.05) is 44.2 Å². The number of nitrogens with one attached hydrogen (secondary N) is 1. The second-order valence-corrected chi connectivity index (χ2v) is 10.4. The molecule has 0 aliphatic carbocycles. The number of hydrogen-bond acceptors (Lipinski definition) is 4. The third-order valence-corrected chi connectivity index (χ3v) is 6.44. The van der Waals surface area contributed by atoms with Crippen LogP contribution in [0.5, 0.6) is 5.75 Å². The smallest absolute Gasteiger partial charge is 0.446 e. The van der Waals surface area contributed by atoms with Gasteiger partial charge in [-0.05, 0) is 77.5 Å². The lowest BCUT2D eigenvalue weighted by Gasteiger charge is -2.22. The van der Waals surface area contributed by atoms with Crippen molar-refractivity contribution in [3.63, 3.8) is 0 Å². The van der Waals surface area contributed by atoms with Gasteiger partial charge in [-0.2, -0.15) is 13.2 Å². The first-order valence-corrected chi connectivity index (χ1v) is 13.0. The third-order valence-electron chi connectivity index (χ3n) is 5.70. The van der Waals surface area contributed by atoms with Gasteiger partial charge in [-0.3, -0.25) is 9.59 Å². The molecule has 0 spiro atoms. The van der Waals surface area contributed by atoms with Gasteiger partial charge in [-0.25, -0.2) is 0 Å². The van der Waals surface area contributed by atoms with Gasteiger partial charge in [-0.15, -0.1) is 0 Å². The molecule has 0 saturated carbocycles. The minimum absolute atomic E-state index is 0.0675. The van der Waals surface area contributed by atoms with E-state index in [1.165, 1.54) is 12.1 Å². The standard InChI is InChI=1S/C29H30F3NO4S/c1-19(2)16-26(22-10-13-24(14-11-22)38-29(30,31)32)33-28(36)25-17-20(8-9-21(25)12-15-27(34)35)18-37-23-6-4-3-5-7-23/h3-11,13-14,17,19,26H,12,15-16,18H2,1-2H3,(H,33,36)(H,34,35). The zero-order valence-corrected chi connectivity index (χ0v) is 21.9. The average molecular weight is 546 g/mol. The molecule has 0 aliphatic heterocycles. The number of aliphatic carboxylic acids is 1. The lowest BCUT2D eigenvalue weighted by atomic mass is 9.95. The SMILES string of the molecule is CC(C)CC(NC(=O)c1cc(COc2ccccc2)ccc1CCC(=O)O)c1ccc(SC(F)(F)F)cc1. The molecule has 5 nitrogen and oxygen atoms in total. The Morgan fingerprint density at radius 2 is 1.68 bits per heavy atom. The molecule has 0 heterocycles. The van der Waals surface area contributed by atoms with Gasteiger partial charge in [0.25, 0.3) is 5.91 Å². The molecule has 9 heteroatoms. The van der Waals surface area contributed by atoms with Crippen molar-refractivity contribution in [2.45, 2.75) is 56.2 Å². The largest absolute Gasteiger partial charge is 0.489 e. The summed E-state index contributed by atoms with van der Waals surface area (Å²) >= 11 is -0.187. The van der Waals surface area contributed by atoms with Gasteiger partial charge < -0.3 is 15.2 Å². The second-order valence-electron chi connectivity index (χ2n) is 9.26. The number of ether oxygens (including phenoxy) is 1. The third kappa shape index (κ3) is 9.45. The molecule has 3 rings (SSSR count). The van der Waals surface area contributed by atoms with Crippen molar-refractivity contribution in [3.8, 4) is 5.75 Å². The molecule has 1 unspecified atom stereocenters. The first-order chi connectivity index (χ1) is 18.0. The van der Waals surface area contributed by atoms with Crippen LogP contribution >= 0.6 is 11.8 Å². The van der Waals surface area contributed by atoms with Gasteiger partial charge in [0, 0.05) is 16.9 Å². The summed E-state index contributed by atoms with van der Waals surface area (Å²) in [4.78, 5) is 24.8. The maximum atomic E-state index is 13.5. The number of hydrogen-bond donors (Lipinski definition) is 2. The summed E-state index contributed by atoms with van der Waals surface area (Å²) in [6.07, 6.45) is 0.614. The molecule has 0 saturated heterocycles. The number of aryl methyl sites for hydroxylation is 1. The van der Waals surface area contributed by atoms with Crippen molar-refractivity contribution < 1.29 is 32.6 Å². The zero-order valence-electron chi connectivity index (χ0n) is 21.1. The van der Waals surface area contributed by atoms with Crippen molar-refractivity contribution >= 4 is 23.6 Å². The molecule has 3 aromatic carbocycles. The molecule has 3 aromatic rings. The highest BCUT2D eigenvalue weighted by molar-refractivity contribution is 8.00. The van der Waals surface area contributed by atoms with Crippen molar-refractivity contribution in [2.75, 3.05) is 0 Å². The van der Waals surface area contributed by atoms with E-state index in [0.717, 1.165) is 5.56 Å². The Labute approximate surface area is 224 Å². The monoisotopic (exact) mass is 545 g/mol. The molecule has 0 aromatic heterocycles. The van der Waals surface area contributed by atoms with E-state index < -0.39 is 17.5 Å². The van der Waals surface area contributed by atoms with Crippen molar-refractivity contribution in [3.05, 3.63) is 95.1 Å². The fourth-order valence-corrected chi connectivity index (χ4v) is 4.49. The van der Waals surface area contributed by atoms with E-state index in [9.17, 15) is 22.8 Å². The van der Waals surface area contributed by atoms with E-state index >= 15 is 0 Å². The lowest BCUT2D eigenvalue weighted by Crippen LogP contribution is -2.30. The van der Waals surface area contributed by atoms with Crippen LogP contribution in [-0.2, 0) is 17.8 Å². The topological polar surface area (TPSA) is 75.6 Å². The van der Waals surface area contributed by atoms with Crippen LogP contribution in [0.2, 0.25) is 0 Å². The van der Waals surface area contributed by atoms with E-state index in [0.29, 0.717) is 28.9 Å². The maximum absolute atomic E-state index is 13.5. The minimum Gasteiger partial charge on any atom is -0.489 e. The van der Waals surface area contributed by atoms with Crippen molar-refractivity contribution in [1.29, 1.82) is 0 Å². The van der Waals surface area contributed by atoms with Gasteiger partial charge >= 0.3 is 11.5 Å². The van der Waals surface area contributed by atoms with E-state index in [4.69, 9.17) is 9.84 Å². The lowest BCUT2D eigenvalue weighted by molar-refractivity contribution is -0.136. The highest BCUT2D eigenvalue weighted by atomic mass is 32.2. The van der Waals surface area contributed by atoms with Crippen LogP contribution in [0.15, 0.2) is 77.7 Å². The Kier molecular flexibility index (Phi) is 10.2. The fourth-order valence-electron chi connectivity index (χ4n) is 3.96. The van der Waals surface area contributed by atoms with Gasteiger partial charge in [-0.1, -0.05) is 56.3 Å². The summed E-state index contributed by atoms with van der Waals surface area (Å²) in [7, 11) is 0. The molecular formula is C29H30F3NO4S. The number of carbonyl (C=O) groups is 2. The predicted octanol–water partition coefficient (Wildman–Crippen LogP) is 7.41. The molecule has 1 amide bonds. The Morgan fingerprint density at radius 3 is 2.29 bits per heavy atom. The minimum atomic E-state index is -4.38. The number of carboxylic acid groups (broad SMARTS) is 1. The summed E-state index contributed by atoms with van der Waals surface area (Å²) in [5, 5.41) is 12.2. The Balaban J connectivity index is 1.84.